The van der Waals surface area contributed by atoms with Gasteiger partial charge in [-0.25, -0.2) is 23.1 Å². The highest BCUT2D eigenvalue weighted by atomic mass is 32.2. The molecule has 0 spiro atoms. The molecule has 0 aliphatic rings. The van der Waals surface area contributed by atoms with E-state index in [1.54, 1.807) is 54.2 Å². The van der Waals surface area contributed by atoms with Crippen LogP contribution in [0.15, 0.2) is 65.8 Å². The van der Waals surface area contributed by atoms with Gasteiger partial charge in [0.15, 0.2) is 5.82 Å². The number of nitrogens with one attached hydrogen (secondary N) is 2. The van der Waals surface area contributed by atoms with Crippen molar-refractivity contribution in [1.29, 1.82) is 0 Å². The summed E-state index contributed by atoms with van der Waals surface area (Å²) < 4.78 is 30.1. The molecule has 0 fully saturated rings. The van der Waals surface area contributed by atoms with Crippen molar-refractivity contribution in [2.45, 2.75) is 32.6 Å². The quantitative estimate of drug-likeness (QED) is 0.452. The van der Waals surface area contributed by atoms with Gasteiger partial charge in [0.1, 0.15) is 11.6 Å². The lowest BCUT2D eigenvalue weighted by molar-refractivity contribution is 0.600. The Morgan fingerprint density at radius 3 is 2.22 bits per heavy atom. The Morgan fingerprint density at radius 1 is 0.844 bits per heavy atom. The summed E-state index contributed by atoms with van der Waals surface area (Å²) in [7, 11) is -3.69. The first kappa shape index (κ1) is 21.5. The van der Waals surface area contributed by atoms with E-state index in [2.05, 4.69) is 25.1 Å². The highest BCUT2D eigenvalue weighted by Crippen LogP contribution is 2.24. The second-order valence-corrected chi connectivity index (χ2v) is 9.27. The molecule has 9 heteroatoms. The predicted octanol–water partition coefficient (Wildman–Crippen LogP) is 4.44. The van der Waals surface area contributed by atoms with Gasteiger partial charge in [-0.15, -0.1) is 0 Å². The fourth-order valence-corrected chi connectivity index (χ4v) is 4.71. The summed E-state index contributed by atoms with van der Waals surface area (Å²) in [5, 5.41) is 7.42. The van der Waals surface area contributed by atoms with Gasteiger partial charge in [-0.1, -0.05) is 6.07 Å². The first-order valence-electron chi connectivity index (χ1n) is 10.0. The lowest BCUT2D eigenvalue weighted by Gasteiger charge is -2.13. The zero-order valence-corrected chi connectivity index (χ0v) is 19.1. The lowest BCUT2D eigenvalue weighted by Crippen LogP contribution is -2.14. The molecule has 164 valence electrons. The van der Waals surface area contributed by atoms with Crippen molar-refractivity contribution in [2.75, 3.05) is 10.0 Å². The third kappa shape index (κ3) is 4.62. The average molecular weight is 449 g/mol. The molecule has 4 rings (SSSR count). The number of nitrogens with zero attached hydrogens (tertiary/aromatic N) is 4. The second-order valence-electron chi connectivity index (χ2n) is 7.62. The lowest BCUT2D eigenvalue weighted by atomic mass is 10.1. The summed E-state index contributed by atoms with van der Waals surface area (Å²) in [6.07, 6.45) is 3.49. The number of hydrogen-bond donors (Lipinski definition) is 2. The number of aryl methyl sites for hydroxylation is 4. The van der Waals surface area contributed by atoms with Crippen LogP contribution in [0.25, 0.3) is 5.82 Å². The van der Waals surface area contributed by atoms with E-state index < -0.39 is 10.0 Å². The Kier molecular flexibility index (Phi) is 5.67. The highest BCUT2D eigenvalue weighted by molar-refractivity contribution is 7.92. The molecular formula is C23H24N6O2S. The second kappa shape index (κ2) is 8.43. The molecule has 0 aliphatic carbocycles. The van der Waals surface area contributed by atoms with Gasteiger partial charge in [-0.2, -0.15) is 5.10 Å². The van der Waals surface area contributed by atoms with E-state index in [4.69, 9.17) is 0 Å². The van der Waals surface area contributed by atoms with E-state index in [0.29, 0.717) is 28.7 Å². The zero-order valence-electron chi connectivity index (χ0n) is 18.3. The largest absolute Gasteiger partial charge is 0.340 e. The van der Waals surface area contributed by atoms with Crippen molar-refractivity contribution < 1.29 is 8.42 Å². The van der Waals surface area contributed by atoms with Crippen molar-refractivity contribution in [2.24, 2.45) is 0 Å². The van der Waals surface area contributed by atoms with E-state index >= 15 is 0 Å². The summed E-state index contributed by atoms with van der Waals surface area (Å²) >= 11 is 0. The maximum Gasteiger partial charge on any atom is 0.262 e. The van der Waals surface area contributed by atoms with Crippen LogP contribution >= 0.6 is 0 Å². The van der Waals surface area contributed by atoms with Crippen molar-refractivity contribution in [3.8, 4) is 5.82 Å². The molecule has 0 saturated heterocycles. The fourth-order valence-electron chi connectivity index (χ4n) is 3.34. The van der Waals surface area contributed by atoms with Crippen molar-refractivity contribution in [3.05, 3.63) is 83.4 Å². The van der Waals surface area contributed by atoms with Crippen molar-refractivity contribution in [3.63, 3.8) is 0 Å². The van der Waals surface area contributed by atoms with Gasteiger partial charge in [0.25, 0.3) is 10.0 Å². The summed E-state index contributed by atoms with van der Waals surface area (Å²) in [6.45, 7) is 7.48. The van der Waals surface area contributed by atoms with Crippen molar-refractivity contribution in [1.82, 2.24) is 19.7 Å². The van der Waals surface area contributed by atoms with E-state index in [1.807, 2.05) is 39.1 Å². The summed E-state index contributed by atoms with van der Waals surface area (Å²) in [5.41, 5.74) is 3.95. The number of rotatable bonds is 6. The molecule has 4 aromatic rings. The third-order valence-electron chi connectivity index (χ3n) is 5.05. The fraction of sp³-hybridized carbons (Fsp3) is 0.174. The first-order valence-corrected chi connectivity index (χ1v) is 11.5. The summed E-state index contributed by atoms with van der Waals surface area (Å²) in [6, 6.07) is 14.2. The van der Waals surface area contributed by atoms with Gasteiger partial charge in [0.05, 0.1) is 4.90 Å². The Morgan fingerprint density at radius 2 is 1.53 bits per heavy atom. The zero-order chi connectivity index (χ0) is 22.9. The number of hydrogen-bond acceptors (Lipinski definition) is 6. The molecule has 2 N–H and O–H groups in total. The van der Waals surface area contributed by atoms with Gasteiger partial charge in [0, 0.05) is 29.8 Å². The Balaban J connectivity index is 1.52. The van der Waals surface area contributed by atoms with E-state index in [9.17, 15) is 8.42 Å². The van der Waals surface area contributed by atoms with Gasteiger partial charge in [-0.3, -0.25) is 4.72 Å². The maximum atomic E-state index is 12.9. The topological polar surface area (TPSA) is 102 Å². The molecule has 2 aromatic heterocycles. The van der Waals surface area contributed by atoms with Crippen LogP contribution < -0.4 is 10.0 Å². The minimum Gasteiger partial charge on any atom is -0.340 e. The summed E-state index contributed by atoms with van der Waals surface area (Å²) in [5.74, 6) is 1.87. The van der Waals surface area contributed by atoms with Crippen LogP contribution in [0.3, 0.4) is 0 Å². The van der Waals surface area contributed by atoms with E-state index in [0.717, 1.165) is 16.8 Å². The molecule has 0 bridgehead atoms. The SMILES string of the molecule is Cc1nc(Nc2ccc(NS(=O)(=O)c3cc(C)c(C)cc3C)cc2)cc(-n2cccn2)n1. The number of anilines is 3. The highest BCUT2D eigenvalue weighted by Gasteiger charge is 2.18. The van der Waals surface area contributed by atoms with Crippen LogP contribution in [-0.2, 0) is 10.0 Å². The number of benzene rings is 2. The van der Waals surface area contributed by atoms with Crippen LogP contribution in [-0.4, -0.2) is 28.2 Å². The molecule has 0 radical (unpaired) electrons. The minimum absolute atomic E-state index is 0.283. The third-order valence-corrected chi connectivity index (χ3v) is 6.58. The van der Waals surface area contributed by atoms with Crippen LogP contribution in [0.2, 0.25) is 0 Å². The van der Waals surface area contributed by atoms with Crippen LogP contribution in [0.4, 0.5) is 17.2 Å². The molecule has 2 aromatic carbocycles. The molecule has 0 atom stereocenters. The van der Waals surface area contributed by atoms with E-state index in [1.165, 1.54) is 0 Å². The smallest absolute Gasteiger partial charge is 0.262 e. The molecule has 32 heavy (non-hydrogen) atoms. The first-order chi connectivity index (χ1) is 15.2. The van der Waals surface area contributed by atoms with Gasteiger partial charge in [-0.05, 0) is 80.8 Å². The number of aromatic nitrogens is 4. The van der Waals surface area contributed by atoms with Gasteiger partial charge < -0.3 is 5.32 Å². The van der Waals surface area contributed by atoms with Crippen LogP contribution in [0, 0.1) is 27.7 Å². The standard InChI is InChI=1S/C23H24N6O2S/c1-15-12-17(3)21(13-16(15)2)32(30,31)28-20-8-6-19(7-9-20)27-22-14-23(26-18(4)25-22)29-11-5-10-24-29/h5-14,28H,1-4H3,(H,25,26,27). The molecule has 8 nitrogen and oxygen atoms in total. The van der Waals surface area contributed by atoms with Gasteiger partial charge >= 0.3 is 0 Å². The van der Waals surface area contributed by atoms with E-state index in [-0.39, 0.29) is 4.90 Å². The van der Waals surface area contributed by atoms with Gasteiger partial charge in [0.2, 0.25) is 0 Å². The summed E-state index contributed by atoms with van der Waals surface area (Å²) in [4.78, 5) is 9.09. The Labute approximate surface area is 187 Å². The molecular weight excluding hydrogens is 424 g/mol. The molecule has 0 saturated carbocycles. The molecule has 0 amide bonds. The predicted molar refractivity (Wildman–Crippen MR) is 125 cm³/mol. The van der Waals surface area contributed by atoms with Crippen LogP contribution in [0.1, 0.15) is 22.5 Å². The average Bonchev–Trinajstić information content (AvgIpc) is 3.26. The molecule has 0 unspecified atom stereocenters. The molecule has 0 aliphatic heterocycles. The Hall–Kier alpha value is -3.72. The van der Waals surface area contributed by atoms with Crippen molar-refractivity contribution >= 4 is 27.2 Å². The minimum atomic E-state index is -3.69. The molecule has 2 heterocycles. The maximum absolute atomic E-state index is 12.9. The van der Waals surface area contributed by atoms with Crippen LogP contribution in [0.5, 0.6) is 0 Å². The number of sulfonamides is 1. The normalized spacial score (nSPS) is 11.4. The Bertz CT molecular complexity index is 1360. The monoisotopic (exact) mass is 448 g/mol.